The summed E-state index contributed by atoms with van der Waals surface area (Å²) in [5.74, 6) is 1.41. The first-order valence-electron chi connectivity index (χ1n) is 4.91. The monoisotopic (exact) mass is 263 g/mol. The zero-order valence-electron chi connectivity index (χ0n) is 8.22. The van der Waals surface area contributed by atoms with Crippen molar-refractivity contribution in [3.63, 3.8) is 0 Å². The molecule has 0 atom stereocenters. The molecule has 1 aliphatic heterocycles. The second kappa shape index (κ2) is 4.92. The van der Waals surface area contributed by atoms with Crippen LogP contribution >= 0.6 is 34.8 Å². The Morgan fingerprint density at radius 3 is 2.60 bits per heavy atom. The average molecular weight is 265 g/mol. The van der Waals surface area contributed by atoms with Gasteiger partial charge >= 0.3 is 0 Å². The van der Waals surface area contributed by atoms with E-state index >= 15 is 0 Å². The first-order valence-corrected chi connectivity index (χ1v) is 6.20. The summed E-state index contributed by atoms with van der Waals surface area (Å²) in [4.78, 5) is 2.34. The van der Waals surface area contributed by atoms with Gasteiger partial charge in [0, 0.05) is 35.6 Å². The lowest BCUT2D eigenvalue weighted by Crippen LogP contribution is -2.46. The Hall–Kier alpha value is 0.0500. The van der Waals surface area contributed by atoms with Crippen LogP contribution in [0.1, 0.15) is 5.56 Å². The van der Waals surface area contributed by atoms with Gasteiger partial charge < -0.3 is 0 Å². The summed E-state index contributed by atoms with van der Waals surface area (Å²) in [6.45, 7) is 3.04. The van der Waals surface area contributed by atoms with Gasteiger partial charge in [-0.15, -0.1) is 11.6 Å². The van der Waals surface area contributed by atoms with E-state index in [1.54, 1.807) is 6.07 Å². The number of rotatable bonds is 3. The molecule has 1 aromatic rings. The maximum absolute atomic E-state index is 6.09. The van der Waals surface area contributed by atoms with Crippen LogP contribution in [-0.2, 0) is 6.54 Å². The van der Waals surface area contributed by atoms with Crippen LogP contribution in [0.15, 0.2) is 18.2 Å². The van der Waals surface area contributed by atoms with Gasteiger partial charge in [-0.1, -0.05) is 29.3 Å². The highest BCUT2D eigenvalue weighted by molar-refractivity contribution is 6.35. The number of hydrogen-bond donors (Lipinski definition) is 0. The molecular weight excluding hydrogens is 252 g/mol. The van der Waals surface area contributed by atoms with E-state index in [-0.39, 0.29) is 0 Å². The summed E-state index contributed by atoms with van der Waals surface area (Å²) in [7, 11) is 0. The van der Waals surface area contributed by atoms with Gasteiger partial charge in [-0.25, -0.2) is 0 Å². The summed E-state index contributed by atoms with van der Waals surface area (Å²) in [5, 5.41) is 1.43. The van der Waals surface area contributed by atoms with Crippen LogP contribution < -0.4 is 0 Å². The fraction of sp³-hybridized carbons (Fsp3) is 0.455. The number of alkyl halides is 1. The Kier molecular flexibility index (Phi) is 3.78. The second-order valence-electron chi connectivity index (χ2n) is 3.95. The van der Waals surface area contributed by atoms with E-state index in [0.717, 1.165) is 36.1 Å². The van der Waals surface area contributed by atoms with E-state index in [1.807, 2.05) is 12.1 Å². The Morgan fingerprint density at radius 1 is 1.27 bits per heavy atom. The largest absolute Gasteiger partial charge is 0.298 e. The molecule has 4 heteroatoms. The molecule has 0 saturated carbocycles. The van der Waals surface area contributed by atoms with Crippen molar-refractivity contribution >= 4 is 34.8 Å². The smallest absolute Gasteiger partial charge is 0.0465 e. The molecule has 2 rings (SSSR count). The SMILES string of the molecule is ClCC1CN(Cc2ccc(Cl)cc2Cl)C1. The molecule has 0 aromatic heterocycles. The van der Waals surface area contributed by atoms with E-state index in [9.17, 15) is 0 Å². The molecule has 0 aliphatic carbocycles. The van der Waals surface area contributed by atoms with Crippen molar-refractivity contribution in [1.82, 2.24) is 4.90 Å². The Labute approximate surface area is 105 Å². The highest BCUT2D eigenvalue weighted by atomic mass is 35.5. The zero-order chi connectivity index (χ0) is 10.8. The Bertz CT molecular complexity index is 348. The number of halogens is 3. The average Bonchev–Trinajstić information content (AvgIpc) is 2.13. The fourth-order valence-corrected chi connectivity index (χ4v) is 2.46. The molecular formula is C11H12Cl3N. The van der Waals surface area contributed by atoms with E-state index in [4.69, 9.17) is 34.8 Å². The minimum atomic E-state index is 0.651. The molecule has 1 fully saturated rings. The number of benzene rings is 1. The zero-order valence-corrected chi connectivity index (χ0v) is 10.5. The third-order valence-electron chi connectivity index (χ3n) is 2.66. The van der Waals surface area contributed by atoms with Crippen LogP contribution in [0, 0.1) is 5.92 Å². The fourth-order valence-electron chi connectivity index (χ4n) is 1.79. The van der Waals surface area contributed by atoms with E-state index in [1.165, 1.54) is 0 Å². The van der Waals surface area contributed by atoms with Crippen LogP contribution in [0.2, 0.25) is 10.0 Å². The Balaban J connectivity index is 1.94. The van der Waals surface area contributed by atoms with E-state index in [0.29, 0.717) is 10.9 Å². The van der Waals surface area contributed by atoms with E-state index in [2.05, 4.69) is 4.90 Å². The molecule has 0 amide bonds. The van der Waals surface area contributed by atoms with Crippen LogP contribution in [0.4, 0.5) is 0 Å². The van der Waals surface area contributed by atoms with Crippen molar-refractivity contribution in [3.05, 3.63) is 33.8 Å². The number of likely N-dealkylation sites (tertiary alicyclic amines) is 1. The van der Waals surface area contributed by atoms with Gasteiger partial charge in [0.25, 0.3) is 0 Å². The van der Waals surface area contributed by atoms with Crippen molar-refractivity contribution in [2.45, 2.75) is 6.54 Å². The predicted molar refractivity (Wildman–Crippen MR) is 65.9 cm³/mol. The minimum absolute atomic E-state index is 0.651. The molecule has 1 nitrogen and oxygen atoms in total. The van der Waals surface area contributed by atoms with Crippen molar-refractivity contribution in [2.75, 3.05) is 19.0 Å². The molecule has 0 bridgehead atoms. The van der Waals surface area contributed by atoms with Crippen LogP contribution in [0.3, 0.4) is 0 Å². The van der Waals surface area contributed by atoms with Crippen molar-refractivity contribution < 1.29 is 0 Å². The van der Waals surface area contributed by atoms with Crippen molar-refractivity contribution in [2.24, 2.45) is 5.92 Å². The molecule has 0 unspecified atom stereocenters. The summed E-state index contributed by atoms with van der Waals surface area (Å²) < 4.78 is 0. The first kappa shape index (κ1) is 11.5. The van der Waals surface area contributed by atoms with Gasteiger partial charge in [-0.05, 0) is 23.6 Å². The molecule has 0 spiro atoms. The van der Waals surface area contributed by atoms with Gasteiger partial charge in [0.15, 0.2) is 0 Å². The topological polar surface area (TPSA) is 3.24 Å². The molecule has 15 heavy (non-hydrogen) atoms. The molecule has 1 aromatic carbocycles. The summed E-state index contributed by atoms with van der Waals surface area (Å²) in [5.41, 5.74) is 1.13. The third-order valence-corrected chi connectivity index (χ3v) is 3.68. The van der Waals surface area contributed by atoms with Gasteiger partial charge in [0.1, 0.15) is 0 Å². The third kappa shape index (κ3) is 2.79. The molecule has 1 aliphatic rings. The van der Waals surface area contributed by atoms with Gasteiger partial charge in [0.2, 0.25) is 0 Å². The van der Waals surface area contributed by atoms with Crippen LogP contribution in [0.5, 0.6) is 0 Å². The maximum atomic E-state index is 6.09. The van der Waals surface area contributed by atoms with Crippen LogP contribution in [0.25, 0.3) is 0 Å². The molecule has 0 radical (unpaired) electrons. The van der Waals surface area contributed by atoms with Crippen molar-refractivity contribution in [1.29, 1.82) is 0 Å². The molecule has 1 saturated heterocycles. The van der Waals surface area contributed by atoms with Gasteiger partial charge in [-0.2, -0.15) is 0 Å². The standard InChI is InChI=1S/C11H12Cl3N/c12-4-8-5-15(6-8)7-9-1-2-10(13)3-11(9)14/h1-3,8H,4-7H2. The number of nitrogens with zero attached hydrogens (tertiary/aromatic N) is 1. The number of hydrogen-bond acceptors (Lipinski definition) is 1. The van der Waals surface area contributed by atoms with Crippen LogP contribution in [-0.4, -0.2) is 23.9 Å². The maximum Gasteiger partial charge on any atom is 0.0465 e. The molecule has 0 N–H and O–H groups in total. The lowest BCUT2D eigenvalue weighted by atomic mass is 10.0. The minimum Gasteiger partial charge on any atom is -0.298 e. The van der Waals surface area contributed by atoms with Crippen molar-refractivity contribution in [3.8, 4) is 0 Å². The normalized spacial score (nSPS) is 17.8. The highest BCUT2D eigenvalue weighted by Gasteiger charge is 2.25. The van der Waals surface area contributed by atoms with Gasteiger partial charge in [0.05, 0.1) is 0 Å². The van der Waals surface area contributed by atoms with Gasteiger partial charge in [-0.3, -0.25) is 4.90 Å². The molecule has 1 heterocycles. The summed E-state index contributed by atoms with van der Waals surface area (Å²) in [6, 6.07) is 5.65. The first-order chi connectivity index (χ1) is 7.19. The van der Waals surface area contributed by atoms with E-state index < -0.39 is 0 Å². The summed E-state index contributed by atoms with van der Waals surface area (Å²) >= 11 is 17.7. The predicted octanol–water partition coefficient (Wildman–Crippen LogP) is 3.66. The molecule has 82 valence electrons. The quantitative estimate of drug-likeness (QED) is 0.753. The lowest BCUT2D eigenvalue weighted by Gasteiger charge is -2.38. The Morgan fingerprint density at radius 2 is 2.00 bits per heavy atom. The summed E-state index contributed by atoms with van der Waals surface area (Å²) in [6.07, 6.45) is 0. The lowest BCUT2D eigenvalue weighted by molar-refractivity contribution is 0.107. The highest BCUT2D eigenvalue weighted by Crippen LogP contribution is 2.25. The second-order valence-corrected chi connectivity index (χ2v) is 5.10.